The third-order valence-electron chi connectivity index (χ3n) is 4.29. The van der Waals surface area contributed by atoms with Crippen LogP contribution in [0.3, 0.4) is 0 Å². The van der Waals surface area contributed by atoms with Crippen LogP contribution in [0, 0.1) is 19.3 Å². The number of nitrogens with two attached hydrogens (primary N) is 1. The minimum absolute atomic E-state index is 0.232. The molecule has 1 aliphatic rings. The summed E-state index contributed by atoms with van der Waals surface area (Å²) in [6, 6.07) is 7.07. The van der Waals surface area contributed by atoms with Gasteiger partial charge in [-0.3, -0.25) is 4.90 Å². The summed E-state index contributed by atoms with van der Waals surface area (Å²) in [6.45, 7) is 12.2. The maximum Gasteiger partial charge on any atom is 0.0236 e. The Balaban J connectivity index is 2.08. The summed E-state index contributed by atoms with van der Waals surface area (Å²) in [5.41, 5.74) is 10.6. The van der Waals surface area contributed by atoms with E-state index in [1.165, 1.54) is 16.7 Å². The lowest BCUT2D eigenvalue weighted by Gasteiger charge is -2.42. The predicted octanol–water partition coefficient (Wildman–Crippen LogP) is 2.86. The van der Waals surface area contributed by atoms with Gasteiger partial charge in [0.1, 0.15) is 0 Å². The van der Waals surface area contributed by atoms with E-state index in [1.54, 1.807) is 0 Å². The van der Waals surface area contributed by atoms with Gasteiger partial charge in [-0.25, -0.2) is 0 Å². The first kappa shape index (κ1) is 13.6. The second-order valence-corrected chi connectivity index (χ2v) is 6.52. The number of benzene rings is 1. The summed E-state index contributed by atoms with van der Waals surface area (Å²) in [4.78, 5) is 2.55. The summed E-state index contributed by atoms with van der Waals surface area (Å²) < 4.78 is 0. The van der Waals surface area contributed by atoms with Crippen LogP contribution in [0.15, 0.2) is 18.2 Å². The second kappa shape index (κ2) is 5.02. The SMILES string of the molecule is Cc1ccc(C)c(CN2CCC(N)C(C)(C)C2)c1. The Morgan fingerprint density at radius 3 is 2.72 bits per heavy atom. The molecule has 0 saturated carbocycles. The van der Waals surface area contributed by atoms with Crippen molar-refractivity contribution in [1.82, 2.24) is 4.90 Å². The number of likely N-dealkylation sites (tertiary alicyclic amines) is 1. The van der Waals surface area contributed by atoms with Crippen molar-refractivity contribution in [3.05, 3.63) is 34.9 Å². The quantitative estimate of drug-likeness (QED) is 0.869. The Morgan fingerprint density at radius 2 is 2.06 bits per heavy atom. The van der Waals surface area contributed by atoms with Gasteiger partial charge in [0.2, 0.25) is 0 Å². The van der Waals surface area contributed by atoms with Gasteiger partial charge in [0, 0.05) is 25.7 Å². The van der Waals surface area contributed by atoms with E-state index in [1.807, 2.05) is 0 Å². The molecule has 2 rings (SSSR count). The Hall–Kier alpha value is -0.860. The van der Waals surface area contributed by atoms with Crippen molar-refractivity contribution < 1.29 is 0 Å². The molecule has 1 aromatic carbocycles. The fourth-order valence-corrected chi connectivity index (χ4v) is 2.83. The van der Waals surface area contributed by atoms with E-state index in [0.29, 0.717) is 6.04 Å². The average Bonchev–Trinajstić information content (AvgIpc) is 2.28. The molecule has 0 radical (unpaired) electrons. The predicted molar refractivity (Wildman–Crippen MR) is 77.6 cm³/mol. The summed E-state index contributed by atoms with van der Waals surface area (Å²) in [6.07, 6.45) is 1.11. The van der Waals surface area contributed by atoms with Gasteiger partial charge in [-0.1, -0.05) is 37.6 Å². The molecule has 1 heterocycles. The van der Waals surface area contributed by atoms with Gasteiger partial charge >= 0.3 is 0 Å². The molecule has 0 amide bonds. The highest BCUT2D eigenvalue weighted by Gasteiger charge is 2.33. The van der Waals surface area contributed by atoms with Crippen LogP contribution in [0.4, 0.5) is 0 Å². The Labute approximate surface area is 111 Å². The molecule has 2 heteroatoms. The first-order chi connectivity index (χ1) is 8.38. The zero-order valence-corrected chi connectivity index (χ0v) is 12.2. The van der Waals surface area contributed by atoms with Gasteiger partial charge in [0.25, 0.3) is 0 Å². The third-order valence-corrected chi connectivity index (χ3v) is 4.29. The Morgan fingerprint density at radius 1 is 1.33 bits per heavy atom. The van der Waals surface area contributed by atoms with Crippen LogP contribution in [-0.2, 0) is 6.54 Å². The molecule has 1 atom stereocenters. The first-order valence-corrected chi connectivity index (χ1v) is 6.92. The Bertz CT molecular complexity index is 423. The molecule has 1 unspecified atom stereocenters. The van der Waals surface area contributed by atoms with E-state index in [-0.39, 0.29) is 5.41 Å². The summed E-state index contributed by atoms with van der Waals surface area (Å²) >= 11 is 0. The summed E-state index contributed by atoms with van der Waals surface area (Å²) in [7, 11) is 0. The fraction of sp³-hybridized carbons (Fsp3) is 0.625. The topological polar surface area (TPSA) is 29.3 Å². The van der Waals surface area contributed by atoms with Crippen LogP contribution in [0.5, 0.6) is 0 Å². The molecular formula is C16H26N2. The highest BCUT2D eigenvalue weighted by atomic mass is 15.1. The van der Waals surface area contributed by atoms with E-state index in [9.17, 15) is 0 Å². The summed E-state index contributed by atoms with van der Waals surface area (Å²) in [5.74, 6) is 0. The zero-order valence-electron chi connectivity index (χ0n) is 12.2. The number of rotatable bonds is 2. The zero-order chi connectivity index (χ0) is 13.3. The number of piperidine rings is 1. The van der Waals surface area contributed by atoms with Gasteiger partial charge in [0.05, 0.1) is 0 Å². The molecule has 1 aliphatic heterocycles. The lowest BCUT2D eigenvalue weighted by atomic mass is 9.79. The molecule has 18 heavy (non-hydrogen) atoms. The van der Waals surface area contributed by atoms with E-state index < -0.39 is 0 Å². The second-order valence-electron chi connectivity index (χ2n) is 6.52. The number of aryl methyl sites for hydroxylation is 2. The molecule has 0 bridgehead atoms. The van der Waals surface area contributed by atoms with Crippen molar-refractivity contribution in [2.45, 2.75) is 46.7 Å². The molecule has 1 aromatic rings. The lowest BCUT2D eigenvalue weighted by molar-refractivity contribution is 0.0897. The average molecular weight is 246 g/mol. The van der Waals surface area contributed by atoms with E-state index >= 15 is 0 Å². The van der Waals surface area contributed by atoms with Gasteiger partial charge in [-0.05, 0) is 36.8 Å². The minimum atomic E-state index is 0.232. The summed E-state index contributed by atoms with van der Waals surface area (Å²) in [5, 5.41) is 0. The molecule has 100 valence electrons. The molecule has 1 fully saturated rings. The highest BCUT2D eigenvalue weighted by Crippen LogP contribution is 2.29. The van der Waals surface area contributed by atoms with Crippen molar-refractivity contribution in [2.24, 2.45) is 11.1 Å². The molecule has 1 saturated heterocycles. The van der Waals surface area contributed by atoms with Gasteiger partial charge < -0.3 is 5.73 Å². The first-order valence-electron chi connectivity index (χ1n) is 6.92. The van der Waals surface area contributed by atoms with E-state index in [4.69, 9.17) is 5.73 Å². The van der Waals surface area contributed by atoms with E-state index in [0.717, 1.165) is 26.1 Å². The smallest absolute Gasteiger partial charge is 0.0236 e. The molecule has 2 N–H and O–H groups in total. The number of hydrogen-bond acceptors (Lipinski definition) is 2. The maximum atomic E-state index is 6.20. The van der Waals surface area contributed by atoms with Crippen LogP contribution >= 0.6 is 0 Å². The van der Waals surface area contributed by atoms with Crippen LogP contribution in [0.25, 0.3) is 0 Å². The molecule has 0 aromatic heterocycles. The van der Waals surface area contributed by atoms with Crippen LogP contribution in [0.1, 0.15) is 37.0 Å². The van der Waals surface area contributed by atoms with E-state index in [2.05, 4.69) is 50.8 Å². The van der Waals surface area contributed by atoms with Gasteiger partial charge in [0.15, 0.2) is 0 Å². The fourth-order valence-electron chi connectivity index (χ4n) is 2.83. The van der Waals surface area contributed by atoms with Crippen molar-refractivity contribution in [3.8, 4) is 0 Å². The van der Waals surface area contributed by atoms with Crippen LogP contribution in [-0.4, -0.2) is 24.0 Å². The standard InChI is InChI=1S/C16H26N2/c1-12-5-6-13(2)14(9-12)10-18-8-7-15(17)16(3,4)11-18/h5-6,9,15H,7-8,10-11,17H2,1-4H3. The van der Waals surface area contributed by atoms with Crippen molar-refractivity contribution >= 4 is 0 Å². The maximum absolute atomic E-state index is 6.20. The minimum Gasteiger partial charge on any atom is -0.327 e. The largest absolute Gasteiger partial charge is 0.327 e. The molecular weight excluding hydrogens is 220 g/mol. The third kappa shape index (κ3) is 2.93. The monoisotopic (exact) mass is 246 g/mol. The number of hydrogen-bond donors (Lipinski definition) is 1. The van der Waals surface area contributed by atoms with Crippen molar-refractivity contribution in [3.63, 3.8) is 0 Å². The Kier molecular flexibility index (Phi) is 3.79. The van der Waals surface area contributed by atoms with Gasteiger partial charge in [-0.2, -0.15) is 0 Å². The highest BCUT2D eigenvalue weighted by molar-refractivity contribution is 5.30. The van der Waals surface area contributed by atoms with Gasteiger partial charge in [-0.15, -0.1) is 0 Å². The van der Waals surface area contributed by atoms with Crippen molar-refractivity contribution in [1.29, 1.82) is 0 Å². The van der Waals surface area contributed by atoms with Crippen molar-refractivity contribution in [2.75, 3.05) is 13.1 Å². The normalized spacial score (nSPS) is 24.2. The van der Waals surface area contributed by atoms with Crippen LogP contribution < -0.4 is 5.73 Å². The molecule has 2 nitrogen and oxygen atoms in total. The van der Waals surface area contributed by atoms with Crippen LogP contribution in [0.2, 0.25) is 0 Å². The lowest BCUT2D eigenvalue weighted by Crippen LogP contribution is -2.52. The molecule has 0 spiro atoms. The molecule has 0 aliphatic carbocycles. The number of nitrogens with zero attached hydrogens (tertiary/aromatic N) is 1.